The third-order valence-electron chi connectivity index (χ3n) is 14.9. The van der Waals surface area contributed by atoms with Crippen LogP contribution < -0.4 is 20.5 Å². The molecule has 9 atom stereocenters. The summed E-state index contributed by atoms with van der Waals surface area (Å²) in [5, 5.41) is 7.57. The lowest BCUT2D eigenvalue weighted by atomic mass is 9.79. The van der Waals surface area contributed by atoms with Crippen molar-refractivity contribution in [1.29, 1.82) is 0 Å². The van der Waals surface area contributed by atoms with Crippen molar-refractivity contribution >= 4 is 32.0 Å². The van der Waals surface area contributed by atoms with E-state index in [9.17, 15) is 19.2 Å². The Morgan fingerprint density at radius 1 is 0.943 bits per heavy atom. The predicted molar refractivity (Wildman–Crippen MR) is 279 cm³/mol. The molecule has 2 aromatic rings. The van der Waals surface area contributed by atoms with Crippen molar-refractivity contribution in [3.8, 4) is 5.75 Å². The number of hydrazine groups is 1. The number of benzene rings is 2. The Hall–Kier alpha value is -4.82. The van der Waals surface area contributed by atoms with E-state index in [2.05, 4.69) is 86.3 Å². The topological polar surface area (TPSA) is 145 Å². The minimum atomic E-state index is -2.20. The molecule has 4 heterocycles. The van der Waals surface area contributed by atoms with Gasteiger partial charge < -0.3 is 29.3 Å². The number of unbranched alkanes of at least 4 members (excludes halogenated alkanes) is 3. The van der Waals surface area contributed by atoms with Crippen LogP contribution in [0, 0.1) is 17.8 Å². The Balaban J connectivity index is 1.26. The van der Waals surface area contributed by atoms with E-state index in [4.69, 9.17) is 18.6 Å². The second-order valence-corrected chi connectivity index (χ2v) is 26.7. The van der Waals surface area contributed by atoms with Crippen LogP contribution in [0.4, 0.5) is 0 Å². The third-order valence-corrected chi connectivity index (χ3v) is 19.3. The quantitative estimate of drug-likeness (QED) is 0.0773. The van der Waals surface area contributed by atoms with E-state index in [0.29, 0.717) is 44.4 Å². The number of carbonyl (C=O) groups excluding carboxylic acids is 4. The van der Waals surface area contributed by atoms with Crippen LogP contribution in [-0.4, -0.2) is 85.8 Å². The standard InChI is InChI=1S/C57H82N4O8Si/c1-39(2)50-53(63)58-47(38-43-29-23-30-44(37-43)69-70(9,10)56(5,6)7)54(64)61-36-24-31-46(60-61)55(65)66-48(40(3)25-17-13-11-12-14-18-26-42-27-19-15-20-28-42)32-21-16-22-33-49-41(4)51-45(52(62)59-50)34-35-57(8,67-49)68-51/h13,15-17,19-23,25,27-30,33,37,39,41,45-51,60H,11-12,14,18,24,26,31-32,34-36,38H2,1-10H3,(H,58,63)(H,59,62)/b17-13-,21-16+,33-22+,40-25+/t41-,45-,46+,47-,48+,49+,50+,51-,57-/m1/s1. The van der Waals surface area contributed by atoms with Gasteiger partial charge in [0.1, 0.15) is 30.0 Å². The molecule has 4 aliphatic heterocycles. The first-order valence-corrected chi connectivity index (χ1v) is 28.9. The Morgan fingerprint density at radius 3 is 2.44 bits per heavy atom. The van der Waals surface area contributed by atoms with Crippen LogP contribution in [0.2, 0.25) is 18.1 Å². The molecule has 2 aromatic carbocycles. The highest BCUT2D eigenvalue weighted by atomic mass is 28.4. The first-order chi connectivity index (χ1) is 33.2. The highest BCUT2D eigenvalue weighted by molar-refractivity contribution is 6.74. The summed E-state index contributed by atoms with van der Waals surface area (Å²) in [5.74, 6) is -2.74. The molecule has 382 valence electrons. The number of cyclic esters (lactones) is 1. The van der Waals surface area contributed by atoms with Crippen LogP contribution >= 0.6 is 0 Å². The van der Waals surface area contributed by atoms with E-state index < -0.39 is 68.1 Å². The number of allylic oxidation sites excluding steroid dienone is 5. The summed E-state index contributed by atoms with van der Waals surface area (Å²) in [4.78, 5) is 57.9. The summed E-state index contributed by atoms with van der Waals surface area (Å²) in [7, 11) is -2.20. The molecule has 0 unspecified atom stereocenters. The number of nitrogens with one attached hydrogen (secondary N) is 3. The third kappa shape index (κ3) is 14.9. The van der Waals surface area contributed by atoms with Gasteiger partial charge in [-0.05, 0) is 112 Å². The molecule has 0 saturated carbocycles. The summed E-state index contributed by atoms with van der Waals surface area (Å²) < 4.78 is 26.0. The number of hydrogen-bond donors (Lipinski definition) is 3. The van der Waals surface area contributed by atoms with Crippen molar-refractivity contribution in [1.82, 2.24) is 21.1 Å². The van der Waals surface area contributed by atoms with Crippen molar-refractivity contribution in [2.24, 2.45) is 17.8 Å². The Kier molecular flexibility index (Phi) is 19.1. The number of nitrogens with zero attached hydrogens (tertiary/aromatic N) is 1. The smallest absolute Gasteiger partial charge is 0.325 e. The maximum atomic E-state index is 14.8. The van der Waals surface area contributed by atoms with Crippen molar-refractivity contribution in [2.75, 3.05) is 6.54 Å². The first kappa shape index (κ1) is 54.5. The molecule has 0 aromatic heterocycles. The normalized spacial score (nSPS) is 29.7. The van der Waals surface area contributed by atoms with Gasteiger partial charge in [0, 0.05) is 31.7 Å². The molecule has 0 aliphatic carbocycles. The van der Waals surface area contributed by atoms with Crippen LogP contribution in [0.15, 0.2) is 103 Å². The van der Waals surface area contributed by atoms with Gasteiger partial charge in [-0.2, -0.15) is 0 Å². The van der Waals surface area contributed by atoms with Gasteiger partial charge in [-0.3, -0.25) is 24.2 Å². The average molecular weight is 979 g/mol. The van der Waals surface area contributed by atoms with E-state index in [-0.39, 0.29) is 35.3 Å². The average Bonchev–Trinajstić information content (AvgIpc) is 3.31. The summed E-state index contributed by atoms with van der Waals surface area (Å²) in [6, 6.07) is 15.5. The SMILES string of the molecule is C/C(=C\C=C/CCCCCc1ccccc1)[C@@H]1C/C=C/C=C/[C@@H]2O[C@@]3(C)CC[C@@H](C(=O)N[C@@H](C(C)C)C(=O)N[C@H](Cc4cccc(O[Si](C)(C)C(C)(C)C)c4)C(=O)N4CCC[C@H](N4)C(=O)O1)[C@H](O3)[C@@H]2C. The lowest BCUT2D eigenvalue weighted by molar-refractivity contribution is -0.344. The van der Waals surface area contributed by atoms with Crippen LogP contribution in [-0.2, 0) is 46.2 Å². The number of aryl methyl sites for hydroxylation is 1. The highest BCUT2D eigenvalue weighted by Gasteiger charge is 2.52. The maximum Gasteiger partial charge on any atom is 0.325 e. The monoisotopic (exact) mass is 979 g/mol. The summed E-state index contributed by atoms with van der Waals surface area (Å²) in [5.41, 5.74) is 6.26. The van der Waals surface area contributed by atoms with Gasteiger partial charge in [0.25, 0.3) is 5.91 Å². The number of ether oxygens (including phenoxy) is 3. The van der Waals surface area contributed by atoms with E-state index in [1.165, 1.54) is 10.6 Å². The zero-order valence-electron chi connectivity index (χ0n) is 43.6. The number of rotatable bonds is 13. The molecule has 70 heavy (non-hydrogen) atoms. The fourth-order valence-corrected chi connectivity index (χ4v) is 10.5. The Morgan fingerprint density at radius 2 is 1.70 bits per heavy atom. The zero-order valence-corrected chi connectivity index (χ0v) is 44.6. The summed E-state index contributed by atoms with van der Waals surface area (Å²) >= 11 is 0. The lowest BCUT2D eigenvalue weighted by Gasteiger charge is -2.51. The minimum absolute atomic E-state index is 0.0323. The molecule has 5 bridgehead atoms. The van der Waals surface area contributed by atoms with Crippen molar-refractivity contribution < 1.29 is 37.8 Å². The first-order valence-electron chi connectivity index (χ1n) is 26.0. The minimum Gasteiger partial charge on any atom is -0.543 e. The number of amides is 3. The molecule has 6 rings (SSSR count). The van der Waals surface area contributed by atoms with E-state index in [1.54, 1.807) is 0 Å². The fraction of sp³-hybridized carbons (Fsp3) is 0.579. The van der Waals surface area contributed by atoms with Gasteiger partial charge in [0.05, 0.1) is 18.1 Å². The highest BCUT2D eigenvalue weighted by Crippen LogP contribution is 2.44. The van der Waals surface area contributed by atoms with Crippen LogP contribution in [0.3, 0.4) is 0 Å². The Labute approximate surface area is 419 Å². The molecule has 0 spiro atoms. The number of fused-ring (bicyclic) bond motifs is 4. The van der Waals surface area contributed by atoms with Gasteiger partial charge >= 0.3 is 5.97 Å². The lowest BCUT2D eigenvalue weighted by Crippen LogP contribution is -2.63. The number of esters is 1. The molecule has 3 fully saturated rings. The van der Waals surface area contributed by atoms with E-state index in [0.717, 1.165) is 43.2 Å². The van der Waals surface area contributed by atoms with Gasteiger partial charge in [-0.1, -0.05) is 133 Å². The molecule has 3 amide bonds. The predicted octanol–water partition coefficient (Wildman–Crippen LogP) is 10.0. The molecule has 3 saturated heterocycles. The van der Waals surface area contributed by atoms with Crippen molar-refractivity contribution in [3.63, 3.8) is 0 Å². The molecule has 0 radical (unpaired) electrons. The fourth-order valence-electron chi connectivity index (χ4n) is 9.47. The van der Waals surface area contributed by atoms with E-state index >= 15 is 0 Å². The van der Waals surface area contributed by atoms with Gasteiger partial charge in [-0.15, -0.1) is 0 Å². The van der Waals surface area contributed by atoms with Crippen molar-refractivity contribution in [3.05, 3.63) is 114 Å². The largest absolute Gasteiger partial charge is 0.543 e. The van der Waals surface area contributed by atoms with E-state index in [1.807, 2.05) is 95.3 Å². The molecule has 4 aliphatic rings. The molecular weight excluding hydrogens is 897 g/mol. The van der Waals surface area contributed by atoms with Crippen LogP contribution in [0.25, 0.3) is 0 Å². The zero-order chi connectivity index (χ0) is 50.6. The van der Waals surface area contributed by atoms with Gasteiger partial charge in [0.2, 0.25) is 20.1 Å². The molecule has 3 N–H and O–H groups in total. The van der Waals surface area contributed by atoms with Gasteiger partial charge in [0.15, 0.2) is 5.79 Å². The van der Waals surface area contributed by atoms with Crippen molar-refractivity contribution in [2.45, 2.75) is 186 Å². The number of carbonyl (C=O) groups is 4. The molecule has 12 nitrogen and oxygen atoms in total. The number of hydrogen-bond acceptors (Lipinski definition) is 9. The van der Waals surface area contributed by atoms with Crippen LogP contribution in [0.5, 0.6) is 5.75 Å². The van der Waals surface area contributed by atoms with Crippen LogP contribution in [0.1, 0.15) is 124 Å². The molecule has 13 heteroatoms. The maximum absolute atomic E-state index is 14.8. The summed E-state index contributed by atoms with van der Waals surface area (Å²) in [6.45, 7) is 20.9. The summed E-state index contributed by atoms with van der Waals surface area (Å²) in [6.07, 6.45) is 20.8. The second-order valence-electron chi connectivity index (χ2n) is 22.0. The second kappa shape index (κ2) is 24.5. The van der Waals surface area contributed by atoms with Gasteiger partial charge in [-0.25, -0.2) is 5.43 Å². The molecular formula is C57H82N4O8Si. The Bertz CT molecular complexity index is 2220.